The number of piperidine rings is 1. The molecule has 2 N–H and O–H groups in total. The van der Waals surface area contributed by atoms with E-state index in [1.165, 1.54) is 71.5 Å². The average molecular weight is 268 g/mol. The Kier molecular flexibility index (Phi) is 6.57. The van der Waals surface area contributed by atoms with Crippen LogP contribution in [0.25, 0.3) is 0 Å². The van der Waals surface area contributed by atoms with Crippen molar-refractivity contribution in [2.45, 2.75) is 38.1 Å². The summed E-state index contributed by atoms with van der Waals surface area (Å²) in [6.45, 7) is 9.59. The monoisotopic (exact) mass is 268 g/mol. The van der Waals surface area contributed by atoms with Crippen molar-refractivity contribution in [1.82, 2.24) is 14.7 Å². The van der Waals surface area contributed by atoms with Crippen LogP contribution in [-0.2, 0) is 0 Å². The fourth-order valence-corrected chi connectivity index (χ4v) is 3.39. The second kappa shape index (κ2) is 8.20. The molecular formula is C15H32N4. The van der Waals surface area contributed by atoms with E-state index < -0.39 is 0 Å². The van der Waals surface area contributed by atoms with E-state index in [1.807, 2.05) is 0 Å². The van der Waals surface area contributed by atoms with E-state index in [0.717, 1.165) is 19.0 Å². The average Bonchev–Trinajstić information content (AvgIpc) is 2.45. The predicted molar refractivity (Wildman–Crippen MR) is 81.4 cm³/mol. The molecule has 0 aromatic rings. The molecular weight excluding hydrogens is 236 g/mol. The Morgan fingerprint density at radius 3 is 2.26 bits per heavy atom. The van der Waals surface area contributed by atoms with Gasteiger partial charge in [0.1, 0.15) is 0 Å². The Hall–Kier alpha value is -0.160. The molecule has 2 heterocycles. The van der Waals surface area contributed by atoms with E-state index in [9.17, 15) is 0 Å². The van der Waals surface area contributed by atoms with Gasteiger partial charge >= 0.3 is 0 Å². The zero-order valence-electron chi connectivity index (χ0n) is 12.7. The molecule has 2 aliphatic rings. The van der Waals surface area contributed by atoms with Gasteiger partial charge in [-0.3, -0.25) is 0 Å². The molecule has 2 rings (SSSR count). The van der Waals surface area contributed by atoms with Gasteiger partial charge in [-0.1, -0.05) is 6.42 Å². The maximum Gasteiger partial charge on any atom is 0.0110 e. The Labute approximate surface area is 118 Å². The van der Waals surface area contributed by atoms with E-state index in [1.54, 1.807) is 0 Å². The number of likely N-dealkylation sites (tertiary alicyclic amines) is 1. The molecule has 0 amide bonds. The van der Waals surface area contributed by atoms with Crippen LogP contribution in [-0.4, -0.2) is 80.1 Å². The van der Waals surface area contributed by atoms with Crippen LogP contribution in [0.15, 0.2) is 0 Å². The van der Waals surface area contributed by atoms with Gasteiger partial charge in [-0.2, -0.15) is 0 Å². The third-order valence-corrected chi connectivity index (χ3v) is 4.84. The minimum Gasteiger partial charge on any atom is -0.330 e. The highest BCUT2D eigenvalue weighted by Crippen LogP contribution is 2.18. The number of nitrogens with zero attached hydrogens (tertiary/aromatic N) is 3. The first-order valence-electron chi connectivity index (χ1n) is 8.14. The number of rotatable bonds is 6. The van der Waals surface area contributed by atoms with Gasteiger partial charge in [-0.05, 0) is 58.9 Å². The molecule has 1 unspecified atom stereocenters. The molecule has 4 nitrogen and oxygen atoms in total. The van der Waals surface area contributed by atoms with Gasteiger partial charge in [0.15, 0.2) is 0 Å². The zero-order chi connectivity index (χ0) is 13.5. The molecule has 0 bridgehead atoms. The maximum absolute atomic E-state index is 5.57. The smallest absolute Gasteiger partial charge is 0.0110 e. The summed E-state index contributed by atoms with van der Waals surface area (Å²) in [5.74, 6) is 0. The van der Waals surface area contributed by atoms with E-state index in [2.05, 4.69) is 21.7 Å². The lowest BCUT2D eigenvalue weighted by Crippen LogP contribution is -2.48. The summed E-state index contributed by atoms with van der Waals surface area (Å²) in [5, 5.41) is 0. The third-order valence-electron chi connectivity index (χ3n) is 4.84. The van der Waals surface area contributed by atoms with Gasteiger partial charge in [0.05, 0.1) is 0 Å². The quantitative estimate of drug-likeness (QED) is 0.774. The van der Waals surface area contributed by atoms with Crippen molar-refractivity contribution in [3.05, 3.63) is 0 Å². The van der Waals surface area contributed by atoms with Gasteiger partial charge in [0, 0.05) is 32.2 Å². The van der Waals surface area contributed by atoms with E-state index in [4.69, 9.17) is 5.73 Å². The first kappa shape index (κ1) is 15.2. The fraction of sp³-hybridized carbons (Fsp3) is 1.00. The standard InChI is InChI=1S/C15H32N4/c1-17-8-3-2-5-15(17)6-10-19-13-11-18(12-14-19)9-4-7-16/h15H,2-14,16H2,1H3. The lowest BCUT2D eigenvalue weighted by molar-refractivity contribution is 0.109. The number of hydrogen-bond donors (Lipinski definition) is 1. The Balaban J connectivity index is 1.60. The van der Waals surface area contributed by atoms with Gasteiger partial charge in [0.25, 0.3) is 0 Å². The van der Waals surface area contributed by atoms with Crippen LogP contribution < -0.4 is 5.73 Å². The summed E-state index contributed by atoms with van der Waals surface area (Å²) in [7, 11) is 2.30. The van der Waals surface area contributed by atoms with Crippen LogP contribution in [0.2, 0.25) is 0 Å². The van der Waals surface area contributed by atoms with Gasteiger partial charge in [-0.25, -0.2) is 0 Å². The molecule has 4 heteroatoms. The molecule has 0 saturated carbocycles. The number of piperazine rings is 1. The SMILES string of the molecule is CN1CCCCC1CCN1CCN(CCCN)CC1. The second-order valence-electron chi connectivity index (χ2n) is 6.24. The lowest BCUT2D eigenvalue weighted by Gasteiger charge is -2.37. The Bertz CT molecular complexity index is 238. The fourth-order valence-electron chi connectivity index (χ4n) is 3.39. The highest BCUT2D eigenvalue weighted by molar-refractivity contribution is 4.78. The molecule has 19 heavy (non-hydrogen) atoms. The van der Waals surface area contributed by atoms with Crippen LogP contribution in [0.4, 0.5) is 0 Å². The molecule has 2 saturated heterocycles. The van der Waals surface area contributed by atoms with Crippen LogP contribution in [0.5, 0.6) is 0 Å². The first-order chi connectivity index (χ1) is 9.29. The number of hydrogen-bond acceptors (Lipinski definition) is 4. The highest BCUT2D eigenvalue weighted by atomic mass is 15.3. The van der Waals surface area contributed by atoms with Crippen molar-refractivity contribution < 1.29 is 0 Å². The van der Waals surface area contributed by atoms with Gasteiger partial charge in [-0.15, -0.1) is 0 Å². The van der Waals surface area contributed by atoms with Crippen molar-refractivity contribution >= 4 is 0 Å². The number of nitrogens with two attached hydrogens (primary N) is 1. The van der Waals surface area contributed by atoms with E-state index in [-0.39, 0.29) is 0 Å². The molecule has 0 aliphatic carbocycles. The summed E-state index contributed by atoms with van der Waals surface area (Å²) >= 11 is 0. The normalized spacial score (nSPS) is 27.8. The minimum atomic E-state index is 0.828. The van der Waals surface area contributed by atoms with Crippen molar-refractivity contribution in [2.24, 2.45) is 5.73 Å². The van der Waals surface area contributed by atoms with Crippen molar-refractivity contribution in [2.75, 3.05) is 59.4 Å². The van der Waals surface area contributed by atoms with Crippen molar-refractivity contribution in [1.29, 1.82) is 0 Å². The Morgan fingerprint density at radius 1 is 0.947 bits per heavy atom. The molecule has 2 aliphatic heterocycles. The zero-order valence-corrected chi connectivity index (χ0v) is 12.7. The lowest BCUT2D eigenvalue weighted by atomic mass is 10.00. The first-order valence-corrected chi connectivity index (χ1v) is 8.14. The third kappa shape index (κ3) is 5.03. The summed E-state index contributed by atoms with van der Waals surface area (Å²) in [6, 6.07) is 0.837. The molecule has 2 fully saturated rings. The van der Waals surface area contributed by atoms with Crippen LogP contribution in [0.1, 0.15) is 32.1 Å². The van der Waals surface area contributed by atoms with Crippen LogP contribution in [0.3, 0.4) is 0 Å². The van der Waals surface area contributed by atoms with Crippen LogP contribution in [0, 0.1) is 0 Å². The minimum absolute atomic E-state index is 0.828. The molecule has 0 radical (unpaired) electrons. The summed E-state index contributed by atoms with van der Waals surface area (Å²) in [5.41, 5.74) is 5.57. The van der Waals surface area contributed by atoms with Crippen molar-refractivity contribution in [3.63, 3.8) is 0 Å². The molecule has 0 aromatic carbocycles. The Morgan fingerprint density at radius 2 is 1.63 bits per heavy atom. The second-order valence-corrected chi connectivity index (χ2v) is 6.24. The summed E-state index contributed by atoms with van der Waals surface area (Å²) < 4.78 is 0. The predicted octanol–water partition coefficient (Wildman–Crippen LogP) is 0.827. The van der Waals surface area contributed by atoms with Gasteiger partial charge < -0.3 is 20.4 Å². The van der Waals surface area contributed by atoms with E-state index in [0.29, 0.717) is 0 Å². The summed E-state index contributed by atoms with van der Waals surface area (Å²) in [4.78, 5) is 7.79. The van der Waals surface area contributed by atoms with Crippen molar-refractivity contribution in [3.8, 4) is 0 Å². The topological polar surface area (TPSA) is 35.7 Å². The molecule has 0 aromatic heterocycles. The van der Waals surface area contributed by atoms with E-state index >= 15 is 0 Å². The molecule has 0 spiro atoms. The maximum atomic E-state index is 5.57. The molecule has 1 atom stereocenters. The van der Waals surface area contributed by atoms with Crippen LogP contribution >= 0.6 is 0 Å². The summed E-state index contributed by atoms with van der Waals surface area (Å²) in [6.07, 6.45) is 6.74. The van der Waals surface area contributed by atoms with Gasteiger partial charge in [0.2, 0.25) is 0 Å². The highest BCUT2D eigenvalue weighted by Gasteiger charge is 2.21. The largest absolute Gasteiger partial charge is 0.330 e. The molecule has 112 valence electrons.